The zero-order valence-electron chi connectivity index (χ0n) is 18.1. The Morgan fingerprint density at radius 3 is 2.79 bits per heavy atom. The van der Waals surface area contributed by atoms with Gasteiger partial charge in [0.1, 0.15) is 12.4 Å². The van der Waals surface area contributed by atoms with Gasteiger partial charge in [0.15, 0.2) is 10.7 Å². The van der Waals surface area contributed by atoms with Gasteiger partial charge in [-0.05, 0) is 36.8 Å². The summed E-state index contributed by atoms with van der Waals surface area (Å²) in [4.78, 5) is 38.9. The zero-order chi connectivity index (χ0) is 24.1. The van der Waals surface area contributed by atoms with Gasteiger partial charge in [0.25, 0.3) is 5.69 Å². The smallest absolute Gasteiger partial charge is 0.419 e. The van der Waals surface area contributed by atoms with Gasteiger partial charge in [-0.15, -0.1) is 11.3 Å². The van der Waals surface area contributed by atoms with Crippen LogP contribution in [0.3, 0.4) is 0 Å². The number of carbonyl (C=O) groups is 1. The van der Waals surface area contributed by atoms with E-state index in [4.69, 9.17) is 13.9 Å². The van der Waals surface area contributed by atoms with Crippen LogP contribution in [0.25, 0.3) is 11.1 Å². The van der Waals surface area contributed by atoms with E-state index in [2.05, 4.69) is 10.3 Å². The third-order valence-corrected chi connectivity index (χ3v) is 5.71. The van der Waals surface area contributed by atoms with E-state index >= 15 is 0 Å². The van der Waals surface area contributed by atoms with E-state index < -0.39 is 16.6 Å². The molecule has 4 aromatic rings. The third kappa shape index (κ3) is 5.41. The first-order valence-electron chi connectivity index (χ1n) is 10.2. The van der Waals surface area contributed by atoms with Crippen LogP contribution in [0.1, 0.15) is 18.5 Å². The molecular weight excluding hydrogens is 464 g/mol. The summed E-state index contributed by atoms with van der Waals surface area (Å²) in [6.07, 6.45) is 0.429. The fraction of sp³-hybridized carbons (Fsp3) is 0.227. The van der Waals surface area contributed by atoms with Crippen molar-refractivity contribution in [3.8, 4) is 5.75 Å². The van der Waals surface area contributed by atoms with E-state index in [-0.39, 0.29) is 30.8 Å². The Bertz CT molecular complexity index is 1370. The maximum Gasteiger partial charge on any atom is 0.419 e. The van der Waals surface area contributed by atoms with Crippen molar-refractivity contribution in [3.05, 3.63) is 74.2 Å². The number of ether oxygens (including phenoxy) is 2. The first-order chi connectivity index (χ1) is 16.4. The number of nitro groups is 1. The summed E-state index contributed by atoms with van der Waals surface area (Å²) < 4.78 is 16.8. The summed E-state index contributed by atoms with van der Waals surface area (Å²) in [5, 5.41) is 16.5. The average molecular weight is 484 g/mol. The van der Waals surface area contributed by atoms with Crippen LogP contribution >= 0.6 is 11.3 Å². The molecule has 11 nitrogen and oxygen atoms in total. The second kappa shape index (κ2) is 10.2. The van der Waals surface area contributed by atoms with E-state index in [9.17, 15) is 19.7 Å². The molecule has 12 heteroatoms. The number of anilines is 2. The Hall–Kier alpha value is -4.19. The maximum atomic E-state index is 12.1. The van der Waals surface area contributed by atoms with Crippen molar-refractivity contribution < 1.29 is 23.6 Å². The van der Waals surface area contributed by atoms with Crippen molar-refractivity contribution in [2.45, 2.75) is 26.0 Å². The lowest BCUT2D eigenvalue weighted by Crippen LogP contribution is -2.15. The second-order valence-electron chi connectivity index (χ2n) is 7.19. The quantitative estimate of drug-likeness (QED) is 0.199. The van der Waals surface area contributed by atoms with Crippen molar-refractivity contribution in [3.63, 3.8) is 0 Å². The van der Waals surface area contributed by atoms with Gasteiger partial charge in [0.2, 0.25) is 0 Å². The molecule has 0 aliphatic carbocycles. The van der Waals surface area contributed by atoms with Gasteiger partial charge in [-0.2, -0.15) is 0 Å². The number of rotatable bonds is 10. The number of methoxy groups -OCH3 is 1. The Balaban J connectivity index is 1.25. The molecule has 176 valence electrons. The Kier molecular flexibility index (Phi) is 6.87. The van der Waals surface area contributed by atoms with E-state index in [1.54, 1.807) is 12.5 Å². The molecule has 2 heterocycles. The molecule has 2 aromatic heterocycles. The van der Waals surface area contributed by atoms with E-state index in [0.29, 0.717) is 22.8 Å². The first-order valence-corrected chi connectivity index (χ1v) is 11.1. The van der Waals surface area contributed by atoms with E-state index in [1.807, 2.05) is 24.3 Å². The minimum Gasteiger partial charge on any atom is -0.497 e. The molecule has 4 rings (SSSR count). The molecule has 0 aliphatic heterocycles. The number of oxazole rings is 1. The molecule has 0 spiro atoms. The van der Waals surface area contributed by atoms with Crippen LogP contribution < -0.4 is 15.8 Å². The molecular formula is C22H20N4O7S. The SMILES string of the molecule is COc1ccc(Nc2nc(COC(=O)CCCn3c(=O)oc4cc([N+](=O)[O-])ccc43)cs2)cc1. The fourth-order valence-corrected chi connectivity index (χ4v) is 3.93. The molecule has 2 aromatic carbocycles. The first kappa shape index (κ1) is 23.0. The number of non-ortho nitro benzene ring substituents is 1. The number of hydrogen-bond donors (Lipinski definition) is 1. The number of aryl methyl sites for hydroxylation is 1. The molecule has 34 heavy (non-hydrogen) atoms. The summed E-state index contributed by atoms with van der Waals surface area (Å²) in [5.74, 6) is -0.301. The number of nitrogens with zero attached hydrogens (tertiary/aromatic N) is 3. The molecule has 0 aliphatic rings. The highest BCUT2D eigenvalue weighted by Gasteiger charge is 2.15. The van der Waals surface area contributed by atoms with Crippen LogP contribution in [0.5, 0.6) is 5.75 Å². The molecule has 0 saturated heterocycles. The second-order valence-corrected chi connectivity index (χ2v) is 8.05. The largest absolute Gasteiger partial charge is 0.497 e. The van der Waals surface area contributed by atoms with Gasteiger partial charge < -0.3 is 19.2 Å². The van der Waals surface area contributed by atoms with Crippen LogP contribution in [0, 0.1) is 10.1 Å². The average Bonchev–Trinajstić information content (AvgIpc) is 3.41. The number of esters is 1. The summed E-state index contributed by atoms with van der Waals surface area (Å²) in [6, 6.07) is 11.4. The van der Waals surface area contributed by atoms with Crippen LogP contribution in [-0.2, 0) is 22.7 Å². The molecule has 0 bridgehead atoms. The van der Waals surface area contributed by atoms with Gasteiger partial charge in [0.05, 0.1) is 29.3 Å². The number of benzene rings is 2. The van der Waals surface area contributed by atoms with Crippen molar-refractivity contribution in [2.24, 2.45) is 0 Å². The number of aromatic nitrogens is 2. The maximum absolute atomic E-state index is 12.1. The standard InChI is InChI=1S/C22H20N4O7S/c1-31-17-7-4-14(5-8-17)23-21-24-15(13-34-21)12-32-20(27)3-2-10-25-18-9-6-16(26(29)30)11-19(18)33-22(25)28/h4-9,11,13H,2-3,10,12H2,1H3,(H,23,24). The highest BCUT2D eigenvalue weighted by molar-refractivity contribution is 7.13. The molecule has 0 radical (unpaired) electrons. The van der Waals surface area contributed by atoms with Crippen molar-refractivity contribution >= 4 is 44.9 Å². The molecule has 0 atom stereocenters. The number of carbonyl (C=O) groups excluding carboxylic acids is 1. The summed E-state index contributed by atoms with van der Waals surface area (Å²) in [6.45, 7) is 0.253. The lowest BCUT2D eigenvalue weighted by atomic mass is 10.2. The van der Waals surface area contributed by atoms with Gasteiger partial charge in [0, 0.05) is 30.1 Å². The van der Waals surface area contributed by atoms with Crippen molar-refractivity contribution in [1.82, 2.24) is 9.55 Å². The number of thiazole rings is 1. The number of hydrogen-bond acceptors (Lipinski definition) is 10. The summed E-state index contributed by atoms with van der Waals surface area (Å²) in [5.41, 5.74) is 1.87. The normalized spacial score (nSPS) is 10.9. The predicted molar refractivity (Wildman–Crippen MR) is 125 cm³/mol. The van der Waals surface area contributed by atoms with Gasteiger partial charge in [-0.3, -0.25) is 19.5 Å². The van der Waals surface area contributed by atoms with Gasteiger partial charge >= 0.3 is 11.7 Å². The van der Waals surface area contributed by atoms with Gasteiger partial charge in [-0.25, -0.2) is 9.78 Å². The Morgan fingerprint density at radius 1 is 1.26 bits per heavy atom. The Morgan fingerprint density at radius 2 is 2.06 bits per heavy atom. The Labute approximate surface area is 196 Å². The van der Waals surface area contributed by atoms with Crippen LogP contribution in [0.15, 0.2) is 57.1 Å². The minimum atomic E-state index is -0.636. The van der Waals surface area contributed by atoms with Gasteiger partial charge in [-0.1, -0.05) is 0 Å². The molecule has 0 saturated carbocycles. The minimum absolute atomic E-state index is 0.0396. The molecule has 0 unspecified atom stereocenters. The zero-order valence-corrected chi connectivity index (χ0v) is 18.9. The number of nitro benzene ring substituents is 1. The molecule has 0 amide bonds. The monoisotopic (exact) mass is 484 g/mol. The molecule has 1 N–H and O–H groups in total. The van der Waals surface area contributed by atoms with E-state index in [0.717, 1.165) is 11.4 Å². The third-order valence-electron chi connectivity index (χ3n) is 4.90. The lowest BCUT2D eigenvalue weighted by Gasteiger charge is -2.05. The predicted octanol–water partition coefficient (Wildman–Crippen LogP) is 4.24. The van der Waals surface area contributed by atoms with Crippen molar-refractivity contribution in [1.29, 1.82) is 0 Å². The van der Waals surface area contributed by atoms with Crippen molar-refractivity contribution in [2.75, 3.05) is 12.4 Å². The van der Waals surface area contributed by atoms with Crippen LogP contribution in [-0.4, -0.2) is 27.6 Å². The van der Waals surface area contributed by atoms with Crippen LogP contribution in [0.4, 0.5) is 16.5 Å². The lowest BCUT2D eigenvalue weighted by molar-refractivity contribution is -0.384. The topological polar surface area (TPSA) is 139 Å². The highest BCUT2D eigenvalue weighted by atomic mass is 32.1. The highest BCUT2D eigenvalue weighted by Crippen LogP contribution is 2.23. The number of fused-ring (bicyclic) bond motifs is 1. The van der Waals surface area contributed by atoms with E-state index in [1.165, 1.54) is 34.1 Å². The summed E-state index contributed by atoms with van der Waals surface area (Å²) >= 11 is 1.39. The molecule has 0 fully saturated rings. The fourth-order valence-electron chi connectivity index (χ4n) is 3.22. The van der Waals surface area contributed by atoms with Crippen LogP contribution in [0.2, 0.25) is 0 Å². The number of nitrogens with one attached hydrogen (secondary N) is 1. The summed E-state index contributed by atoms with van der Waals surface area (Å²) in [7, 11) is 1.60.